The van der Waals surface area contributed by atoms with Gasteiger partial charge in [-0.1, -0.05) is 0 Å². The SMILES string of the molecule is [O]CCC(CO)n1cnc2c(CCO)ncnc21. The maximum atomic E-state index is 10.7. The predicted molar refractivity (Wildman–Crippen MR) is 62.4 cm³/mol. The Morgan fingerprint density at radius 1 is 1.28 bits per heavy atom. The van der Waals surface area contributed by atoms with Gasteiger partial charge in [-0.3, -0.25) is 0 Å². The molecule has 0 saturated heterocycles. The van der Waals surface area contributed by atoms with Crippen LogP contribution in [-0.4, -0.2) is 49.6 Å². The van der Waals surface area contributed by atoms with E-state index < -0.39 is 0 Å². The van der Waals surface area contributed by atoms with Gasteiger partial charge in [0.2, 0.25) is 0 Å². The fourth-order valence-electron chi connectivity index (χ4n) is 1.91. The van der Waals surface area contributed by atoms with Gasteiger partial charge < -0.3 is 14.8 Å². The second-order valence-electron chi connectivity index (χ2n) is 3.95. The van der Waals surface area contributed by atoms with Crippen LogP contribution in [0, 0.1) is 0 Å². The van der Waals surface area contributed by atoms with Crippen molar-refractivity contribution in [2.45, 2.75) is 18.9 Å². The van der Waals surface area contributed by atoms with Gasteiger partial charge in [-0.05, 0) is 6.42 Å². The highest BCUT2D eigenvalue weighted by atomic mass is 16.3. The molecular formula is C11H15N4O3. The summed E-state index contributed by atoms with van der Waals surface area (Å²) >= 11 is 0. The van der Waals surface area contributed by atoms with Crippen molar-refractivity contribution in [3.8, 4) is 0 Å². The van der Waals surface area contributed by atoms with Gasteiger partial charge in [0.25, 0.3) is 0 Å². The molecule has 97 valence electrons. The van der Waals surface area contributed by atoms with Gasteiger partial charge >= 0.3 is 0 Å². The minimum absolute atomic E-state index is 0.0110. The van der Waals surface area contributed by atoms with Gasteiger partial charge in [-0.15, -0.1) is 0 Å². The van der Waals surface area contributed by atoms with Crippen molar-refractivity contribution in [2.75, 3.05) is 19.8 Å². The highest BCUT2D eigenvalue weighted by molar-refractivity contribution is 5.73. The first-order valence-corrected chi connectivity index (χ1v) is 5.78. The van der Waals surface area contributed by atoms with E-state index in [4.69, 9.17) is 5.11 Å². The molecule has 0 aliphatic rings. The van der Waals surface area contributed by atoms with E-state index in [2.05, 4.69) is 15.0 Å². The lowest BCUT2D eigenvalue weighted by Crippen LogP contribution is -2.14. The average molecular weight is 251 g/mol. The maximum absolute atomic E-state index is 10.7. The summed E-state index contributed by atoms with van der Waals surface area (Å²) in [5.74, 6) is 0. The molecule has 0 fully saturated rings. The fraction of sp³-hybridized carbons (Fsp3) is 0.545. The monoisotopic (exact) mass is 251 g/mol. The van der Waals surface area contributed by atoms with Crippen LogP contribution in [-0.2, 0) is 11.5 Å². The smallest absolute Gasteiger partial charge is 0.163 e. The van der Waals surface area contributed by atoms with Crippen molar-refractivity contribution >= 4 is 11.2 Å². The van der Waals surface area contributed by atoms with Crippen LogP contribution in [0.3, 0.4) is 0 Å². The molecule has 2 rings (SSSR count). The summed E-state index contributed by atoms with van der Waals surface area (Å²) in [5, 5.41) is 28.9. The van der Waals surface area contributed by atoms with E-state index >= 15 is 0 Å². The van der Waals surface area contributed by atoms with Crippen LogP contribution in [0.4, 0.5) is 0 Å². The van der Waals surface area contributed by atoms with Crippen LogP contribution >= 0.6 is 0 Å². The van der Waals surface area contributed by atoms with Crippen molar-refractivity contribution < 1.29 is 15.3 Å². The van der Waals surface area contributed by atoms with Gasteiger partial charge in [0.05, 0.1) is 31.3 Å². The van der Waals surface area contributed by atoms with Crippen molar-refractivity contribution in [1.82, 2.24) is 19.5 Å². The molecule has 2 N–H and O–H groups in total. The molecule has 7 nitrogen and oxygen atoms in total. The summed E-state index contributed by atoms with van der Waals surface area (Å²) in [6, 6.07) is -0.315. The quantitative estimate of drug-likeness (QED) is 0.734. The first-order chi connectivity index (χ1) is 8.81. The zero-order valence-electron chi connectivity index (χ0n) is 9.86. The lowest BCUT2D eigenvalue weighted by atomic mass is 10.2. The third kappa shape index (κ3) is 2.33. The largest absolute Gasteiger partial charge is 0.396 e. The van der Waals surface area contributed by atoms with Crippen molar-refractivity contribution in [2.24, 2.45) is 0 Å². The Kier molecular flexibility index (Phi) is 4.19. The van der Waals surface area contributed by atoms with Gasteiger partial charge in [0, 0.05) is 13.0 Å². The molecule has 2 aromatic heterocycles. The summed E-state index contributed by atoms with van der Waals surface area (Å²) < 4.78 is 1.69. The summed E-state index contributed by atoms with van der Waals surface area (Å²) in [6.45, 7) is -0.407. The van der Waals surface area contributed by atoms with Gasteiger partial charge in [0.15, 0.2) is 5.65 Å². The van der Waals surface area contributed by atoms with Crippen LogP contribution in [0.25, 0.3) is 11.2 Å². The molecule has 7 heteroatoms. The van der Waals surface area contributed by atoms with Gasteiger partial charge in [0.1, 0.15) is 11.8 Å². The van der Waals surface area contributed by atoms with E-state index in [1.54, 1.807) is 10.9 Å². The molecule has 0 spiro atoms. The molecule has 0 saturated carbocycles. The lowest BCUT2D eigenvalue weighted by molar-refractivity contribution is 0.145. The number of hydrogen-bond acceptors (Lipinski definition) is 5. The summed E-state index contributed by atoms with van der Waals surface area (Å²) in [6.07, 6.45) is 3.68. The van der Waals surface area contributed by atoms with E-state index in [9.17, 15) is 10.2 Å². The summed E-state index contributed by atoms with van der Waals surface area (Å²) in [5.41, 5.74) is 1.86. The fourth-order valence-corrected chi connectivity index (χ4v) is 1.91. The van der Waals surface area contributed by atoms with Crippen LogP contribution in [0.1, 0.15) is 18.2 Å². The normalized spacial score (nSPS) is 13.1. The molecule has 1 atom stereocenters. The minimum Gasteiger partial charge on any atom is -0.396 e. The lowest BCUT2D eigenvalue weighted by Gasteiger charge is -2.14. The Labute approximate surface area is 104 Å². The van der Waals surface area contributed by atoms with Crippen LogP contribution < -0.4 is 0 Å². The molecule has 18 heavy (non-hydrogen) atoms. The molecule has 2 aromatic rings. The molecule has 1 radical (unpaired) electrons. The summed E-state index contributed by atoms with van der Waals surface area (Å²) in [4.78, 5) is 12.4. The van der Waals surface area contributed by atoms with E-state index in [1.807, 2.05) is 0 Å². The van der Waals surface area contributed by atoms with Gasteiger partial charge in [-0.25, -0.2) is 20.1 Å². The molecule has 1 unspecified atom stereocenters. The second kappa shape index (κ2) is 5.85. The predicted octanol–water partition coefficient (Wildman–Crippen LogP) is -0.285. The number of hydrogen-bond donors (Lipinski definition) is 2. The third-order valence-corrected chi connectivity index (χ3v) is 2.84. The highest BCUT2D eigenvalue weighted by Gasteiger charge is 2.16. The summed E-state index contributed by atoms with van der Waals surface area (Å²) in [7, 11) is 0. The Morgan fingerprint density at radius 2 is 2.11 bits per heavy atom. The molecule has 0 amide bonds. The first kappa shape index (κ1) is 12.9. The Bertz CT molecular complexity index is 514. The van der Waals surface area contributed by atoms with Crippen molar-refractivity contribution in [3.63, 3.8) is 0 Å². The number of aliphatic hydroxyl groups excluding tert-OH is 2. The van der Waals surface area contributed by atoms with Gasteiger partial charge in [-0.2, -0.15) is 0 Å². The maximum Gasteiger partial charge on any atom is 0.163 e. The molecule has 0 aliphatic carbocycles. The van der Waals surface area contributed by atoms with E-state index in [0.29, 0.717) is 29.7 Å². The zero-order chi connectivity index (χ0) is 13.0. The minimum atomic E-state index is -0.315. The molecule has 0 aromatic carbocycles. The number of rotatable bonds is 6. The average Bonchev–Trinajstić information content (AvgIpc) is 2.81. The molecular weight excluding hydrogens is 236 g/mol. The first-order valence-electron chi connectivity index (χ1n) is 5.78. The van der Waals surface area contributed by atoms with Crippen LogP contribution in [0.15, 0.2) is 12.7 Å². The topological polar surface area (TPSA) is 104 Å². The van der Waals surface area contributed by atoms with Crippen LogP contribution in [0.5, 0.6) is 0 Å². The molecule has 2 heterocycles. The van der Waals surface area contributed by atoms with Crippen LogP contribution in [0.2, 0.25) is 0 Å². The number of aromatic nitrogens is 4. The van der Waals surface area contributed by atoms with Crippen molar-refractivity contribution in [1.29, 1.82) is 0 Å². The number of fused-ring (bicyclic) bond motifs is 1. The van der Waals surface area contributed by atoms with E-state index in [0.717, 1.165) is 0 Å². The zero-order valence-corrected chi connectivity index (χ0v) is 9.86. The molecule has 0 aliphatic heterocycles. The standard InChI is InChI=1S/C11H15N4O3/c16-3-1-8(5-18)15-7-14-10-9(2-4-17)12-6-13-11(10)15/h6-8,17-18H,1-5H2. The second-order valence-corrected chi connectivity index (χ2v) is 3.95. The number of imidazole rings is 1. The van der Waals surface area contributed by atoms with E-state index in [1.165, 1.54) is 6.33 Å². The van der Waals surface area contributed by atoms with Crippen molar-refractivity contribution in [3.05, 3.63) is 18.3 Å². The number of aliphatic hydroxyl groups is 2. The Balaban J connectivity index is 2.44. The molecule has 0 bridgehead atoms. The Morgan fingerprint density at radius 3 is 2.78 bits per heavy atom. The third-order valence-electron chi connectivity index (χ3n) is 2.84. The highest BCUT2D eigenvalue weighted by Crippen LogP contribution is 2.19. The van der Waals surface area contributed by atoms with E-state index in [-0.39, 0.29) is 25.9 Å². The Hall–Kier alpha value is -1.57. The number of nitrogens with zero attached hydrogens (tertiary/aromatic N) is 4.